The minimum Gasteiger partial charge on any atom is -0.361 e. The molecule has 4 rings (SSSR count). The second-order valence-electron chi connectivity index (χ2n) is 6.85. The number of ketones is 1. The van der Waals surface area contributed by atoms with Gasteiger partial charge in [-0.3, -0.25) is 19.3 Å². The summed E-state index contributed by atoms with van der Waals surface area (Å²) < 4.78 is 0. The molecule has 7 heteroatoms. The molecular formula is C17H22N4O3. The Morgan fingerprint density at radius 1 is 1.17 bits per heavy atom. The van der Waals surface area contributed by atoms with Gasteiger partial charge in [-0.15, -0.1) is 0 Å². The van der Waals surface area contributed by atoms with Crippen LogP contribution in [-0.2, 0) is 11.2 Å². The molecule has 24 heavy (non-hydrogen) atoms. The molecule has 1 unspecified atom stereocenters. The highest BCUT2D eigenvalue weighted by Gasteiger charge is 2.38. The van der Waals surface area contributed by atoms with E-state index >= 15 is 0 Å². The van der Waals surface area contributed by atoms with Crippen LogP contribution in [0.5, 0.6) is 0 Å². The van der Waals surface area contributed by atoms with Gasteiger partial charge in [0.25, 0.3) is 5.91 Å². The van der Waals surface area contributed by atoms with E-state index in [-0.39, 0.29) is 23.6 Å². The summed E-state index contributed by atoms with van der Waals surface area (Å²) in [6.07, 6.45) is 2.15. The van der Waals surface area contributed by atoms with Crippen molar-refractivity contribution in [2.75, 3.05) is 32.7 Å². The second kappa shape index (κ2) is 5.73. The number of Topliss-reactive ketones (excluding diaryl/α,β-unsaturated/α-hetero) is 1. The van der Waals surface area contributed by atoms with E-state index in [2.05, 4.69) is 15.2 Å². The van der Waals surface area contributed by atoms with Crippen LogP contribution >= 0.6 is 0 Å². The van der Waals surface area contributed by atoms with Crippen LogP contribution in [0.2, 0.25) is 0 Å². The molecule has 2 fully saturated rings. The maximum Gasteiger partial charge on any atom is 0.256 e. The fourth-order valence-electron chi connectivity index (χ4n) is 4.12. The number of rotatable bonds is 1. The summed E-state index contributed by atoms with van der Waals surface area (Å²) in [5, 5.41) is 2.86. The maximum absolute atomic E-state index is 13.1. The van der Waals surface area contributed by atoms with Crippen LogP contribution in [0.25, 0.3) is 0 Å². The average molecular weight is 330 g/mol. The van der Waals surface area contributed by atoms with Crippen LogP contribution in [0.4, 0.5) is 0 Å². The number of nitrogens with zero attached hydrogens (tertiary/aromatic N) is 2. The number of nitrogens with one attached hydrogen (secondary N) is 2. The Morgan fingerprint density at radius 2 is 2.00 bits per heavy atom. The quantitative estimate of drug-likeness (QED) is 0.765. The molecule has 0 saturated carbocycles. The lowest BCUT2D eigenvalue weighted by Crippen LogP contribution is -2.64. The van der Waals surface area contributed by atoms with Gasteiger partial charge >= 0.3 is 0 Å². The number of hydrogen-bond donors (Lipinski definition) is 2. The van der Waals surface area contributed by atoms with Crippen LogP contribution < -0.4 is 5.32 Å². The third kappa shape index (κ3) is 2.34. The van der Waals surface area contributed by atoms with Gasteiger partial charge in [-0.2, -0.15) is 0 Å². The maximum atomic E-state index is 13.1. The van der Waals surface area contributed by atoms with Gasteiger partial charge in [0.2, 0.25) is 5.91 Å². The molecule has 3 aliphatic rings. The van der Waals surface area contributed by atoms with Crippen molar-refractivity contribution in [2.24, 2.45) is 0 Å². The van der Waals surface area contributed by atoms with Crippen molar-refractivity contribution >= 4 is 17.6 Å². The smallest absolute Gasteiger partial charge is 0.256 e. The number of carbonyl (C=O) groups is 3. The zero-order valence-electron chi connectivity index (χ0n) is 13.9. The van der Waals surface area contributed by atoms with E-state index in [1.165, 1.54) is 0 Å². The number of fused-ring (bicyclic) bond motifs is 2. The zero-order valence-corrected chi connectivity index (χ0v) is 13.9. The topological polar surface area (TPSA) is 85.5 Å². The fraction of sp³-hybridized carbons (Fsp3) is 0.588. The first-order valence-corrected chi connectivity index (χ1v) is 8.62. The Labute approximate surface area is 140 Å². The Kier molecular flexibility index (Phi) is 3.68. The van der Waals surface area contributed by atoms with E-state index in [4.69, 9.17) is 0 Å². The summed E-state index contributed by atoms with van der Waals surface area (Å²) in [7, 11) is 0. The van der Waals surface area contributed by atoms with E-state index in [1.54, 1.807) is 4.90 Å². The number of aryl methyl sites for hydroxylation is 2. The third-order valence-corrected chi connectivity index (χ3v) is 5.37. The second-order valence-corrected chi connectivity index (χ2v) is 6.85. The monoisotopic (exact) mass is 330 g/mol. The van der Waals surface area contributed by atoms with Crippen molar-refractivity contribution in [2.45, 2.75) is 32.2 Å². The Morgan fingerprint density at radius 3 is 2.83 bits per heavy atom. The van der Waals surface area contributed by atoms with Crippen molar-refractivity contribution in [1.82, 2.24) is 20.1 Å². The van der Waals surface area contributed by atoms with Crippen LogP contribution in [0.3, 0.4) is 0 Å². The number of amides is 2. The summed E-state index contributed by atoms with van der Waals surface area (Å²) in [4.78, 5) is 44.6. The molecule has 0 aromatic carbocycles. The van der Waals surface area contributed by atoms with Gasteiger partial charge in [-0.25, -0.2) is 0 Å². The van der Waals surface area contributed by atoms with Crippen molar-refractivity contribution < 1.29 is 14.4 Å². The van der Waals surface area contributed by atoms with Gasteiger partial charge < -0.3 is 15.2 Å². The molecule has 1 aromatic rings. The lowest BCUT2D eigenvalue weighted by atomic mass is 9.92. The number of piperazine rings is 2. The van der Waals surface area contributed by atoms with E-state index in [0.29, 0.717) is 43.7 Å². The normalized spacial score (nSPS) is 24.4. The van der Waals surface area contributed by atoms with Crippen molar-refractivity contribution in [1.29, 1.82) is 0 Å². The van der Waals surface area contributed by atoms with Crippen LogP contribution in [0.15, 0.2) is 0 Å². The Balaban J connectivity index is 1.62. The van der Waals surface area contributed by atoms with Gasteiger partial charge in [0.1, 0.15) is 6.04 Å². The van der Waals surface area contributed by atoms with E-state index in [1.807, 2.05) is 6.92 Å². The summed E-state index contributed by atoms with van der Waals surface area (Å²) in [5.41, 5.74) is 2.75. The van der Waals surface area contributed by atoms with Crippen molar-refractivity contribution in [3.63, 3.8) is 0 Å². The molecule has 0 radical (unpaired) electrons. The van der Waals surface area contributed by atoms with Gasteiger partial charge in [0.15, 0.2) is 5.78 Å². The van der Waals surface area contributed by atoms with Crippen LogP contribution in [0, 0.1) is 6.92 Å². The summed E-state index contributed by atoms with van der Waals surface area (Å²) in [6, 6.07) is -0.276. The number of hydrogen-bond acceptors (Lipinski definition) is 4. The van der Waals surface area contributed by atoms with E-state index < -0.39 is 0 Å². The molecule has 2 saturated heterocycles. The molecule has 3 heterocycles. The lowest BCUT2D eigenvalue weighted by Gasteiger charge is -2.43. The molecular weight excluding hydrogens is 308 g/mol. The zero-order chi connectivity index (χ0) is 16.8. The van der Waals surface area contributed by atoms with Crippen LogP contribution in [-0.4, -0.2) is 71.1 Å². The largest absolute Gasteiger partial charge is 0.361 e. The molecule has 0 spiro atoms. The van der Waals surface area contributed by atoms with Crippen molar-refractivity contribution in [3.8, 4) is 0 Å². The molecule has 2 aliphatic heterocycles. The lowest BCUT2D eigenvalue weighted by molar-refractivity contribution is -0.131. The summed E-state index contributed by atoms with van der Waals surface area (Å²) in [6.45, 7) is 5.03. The molecule has 0 bridgehead atoms. The highest BCUT2D eigenvalue weighted by molar-refractivity contribution is 6.10. The highest BCUT2D eigenvalue weighted by atomic mass is 16.2. The predicted molar refractivity (Wildman–Crippen MR) is 87.1 cm³/mol. The number of carbonyl (C=O) groups excluding carboxylic acids is 3. The van der Waals surface area contributed by atoms with Gasteiger partial charge in [0.05, 0.1) is 11.1 Å². The summed E-state index contributed by atoms with van der Waals surface area (Å²) in [5.74, 6) is -0.0843. The number of H-pyrrole nitrogens is 1. The highest BCUT2D eigenvalue weighted by Crippen LogP contribution is 2.28. The van der Waals surface area contributed by atoms with Gasteiger partial charge in [0, 0.05) is 50.5 Å². The molecule has 2 N–H and O–H groups in total. The van der Waals surface area contributed by atoms with Gasteiger partial charge in [-0.1, -0.05) is 0 Å². The first-order chi connectivity index (χ1) is 11.6. The van der Waals surface area contributed by atoms with Gasteiger partial charge in [-0.05, 0) is 19.8 Å². The van der Waals surface area contributed by atoms with E-state index in [0.717, 1.165) is 30.8 Å². The molecule has 7 nitrogen and oxygen atoms in total. The van der Waals surface area contributed by atoms with Crippen LogP contribution in [0.1, 0.15) is 44.9 Å². The first kappa shape index (κ1) is 15.4. The van der Waals surface area contributed by atoms with Crippen molar-refractivity contribution in [3.05, 3.63) is 22.5 Å². The molecule has 1 aromatic heterocycles. The first-order valence-electron chi connectivity index (χ1n) is 8.62. The molecule has 128 valence electrons. The van der Waals surface area contributed by atoms with E-state index in [9.17, 15) is 14.4 Å². The fourth-order valence-corrected chi connectivity index (χ4v) is 4.12. The Hall–Kier alpha value is -2.15. The standard InChI is InChI=1S/C17H22N4O3/c1-10-14(15-11(19-10)3-2-4-13(15)22)17(24)21-8-7-20-6-5-18-16(23)12(20)9-21/h12,19H,2-9H2,1H3,(H,18,23). The minimum atomic E-state index is -0.276. The summed E-state index contributed by atoms with van der Waals surface area (Å²) >= 11 is 0. The molecule has 1 aliphatic carbocycles. The predicted octanol–water partition coefficient (Wildman–Crippen LogP) is 0.0983. The Bertz CT molecular complexity index is 724. The number of aromatic amines is 1. The third-order valence-electron chi connectivity index (χ3n) is 5.37. The molecule has 1 atom stereocenters. The molecule has 2 amide bonds. The SMILES string of the molecule is Cc1[nH]c2c(c1C(=O)N1CCN3CCNC(=O)C3C1)C(=O)CCC2. The average Bonchev–Trinajstić information content (AvgIpc) is 2.91. The minimum absolute atomic E-state index is 0.0114. The number of aromatic nitrogens is 1.